The molecule has 164 valence electrons. The van der Waals surface area contributed by atoms with Crippen LogP contribution in [0.25, 0.3) is 0 Å². The first-order valence-corrected chi connectivity index (χ1v) is 11.3. The van der Waals surface area contributed by atoms with Gasteiger partial charge in [0.05, 0.1) is 17.8 Å². The molecule has 2 aromatic carbocycles. The van der Waals surface area contributed by atoms with Gasteiger partial charge < -0.3 is 14.8 Å². The van der Waals surface area contributed by atoms with Crippen molar-refractivity contribution in [3.8, 4) is 11.5 Å². The lowest BCUT2D eigenvalue weighted by atomic mass is 10.1. The van der Waals surface area contributed by atoms with Crippen LogP contribution in [0.5, 0.6) is 11.5 Å². The Morgan fingerprint density at radius 2 is 1.97 bits per heavy atom. The van der Waals surface area contributed by atoms with E-state index in [1.165, 1.54) is 13.2 Å². The van der Waals surface area contributed by atoms with Gasteiger partial charge in [-0.25, -0.2) is 4.98 Å². The molecule has 0 radical (unpaired) electrons. The number of amides is 1. The number of ether oxygens (including phenoxy) is 2. The lowest BCUT2D eigenvalue weighted by Crippen LogP contribution is -2.25. The van der Waals surface area contributed by atoms with Gasteiger partial charge in [-0.2, -0.15) is 8.78 Å². The van der Waals surface area contributed by atoms with E-state index in [0.717, 1.165) is 26.9 Å². The number of thiazole rings is 1. The molecule has 31 heavy (non-hydrogen) atoms. The topological polar surface area (TPSA) is 60.5 Å². The number of hydrogen-bond acceptors (Lipinski definition) is 6. The van der Waals surface area contributed by atoms with Gasteiger partial charge in [0, 0.05) is 28.1 Å². The molecule has 5 nitrogen and oxygen atoms in total. The summed E-state index contributed by atoms with van der Waals surface area (Å²) >= 11 is 3.30. The fraction of sp³-hybridized carbons (Fsp3) is 0.273. The number of alkyl halides is 2. The molecule has 0 bridgehead atoms. The molecule has 1 amide bonds. The van der Waals surface area contributed by atoms with Crippen LogP contribution in [0.3, 0.4) is 0 Å². The van der Waals surface area contributed by atoms with Gasteiger partial charge in [0.1, 0.15) is 0 Å². The van der Waals surface area contributed by atoms with Gasteiger partial charge in [-0.05, 0) is 55.3 Å². The van der Waals surface area contributed by atoms with E-state index >= 15 is 0 Å². The van der Waals surface area contributed by atoms with Crippen molar-refractivity contribution < 1.29 is 23.0 Å². The number of halogens is 2. The van der Waals surface area contributed by atoms with E-state index in [1.54, 1.807) is 47.4 Å². The summed E-state index contributed by atoms with van der Waals surface area (Å²) in [6.45, 7) is -0.591. The number of methoxy groups -OCH3 is 1. The lowest BCUT2D eigenvalue weighted by molar-refractivity contribution is -0.0512. The number of carbonyl (C=O) groups is 1. The van der Waals surface area contributed by atoms with Gasteiger partial charge in [-0.1, -0.05) is 6.07 Å². The maximum absolute atomic E-state index is 12.5. The van der Waals surface area contributed by atoms with Gasteiger partial charge in [0.2, 0.25) is 0 Å². The standard InChI is InChI=1S/C22H22F2N2O3S2/c1-14-26-17(12-30-14)13-31-18-6-4-16(5-7-18)21(27)25-10-9-15-3-8-19(28-2)20(11-15)29-22(23)24/h3-8,11-12,22H,9-10,13H2,1-2H3,(H,25,27). The number of nitrogens with one attached hydrogen (secondary N) is 1. The van der Waals surface area contributed by atoms with Crippen molar-refractivity contribution in [3.05, 3.63) is 69.7 Å². The predicted octanol–water partition coefficient (Wildman–Crippen LogP) is 5.33. The molecule has 0 aliphatic rings. The van der Waals surface area contributed by atoms with Gasteiger partial charge >= 0.3 is 6.61 Å². The second kappa shape index (κ2) is 11.1. The quantitative estimate of drug-likeness (QED) is 0.411. The molecule has 0 spiro atoms. The van der Waals surface area contributed by atoms with E-state index in [1.807, 2.05) is 19.1 Å². The summed E-state index contributed by atoms with van der Waals surface area (Å²) < 4.78 is 34.6. The largest absolute Gasteiger partial charge is 0.493 e. The van der Waals surface area contributed by atoms with E-state index in [-0.39, 0.29) is 17.4 Å². The zero-order valence-electron chi connectivity index (χ0n) is 17.1. The Morgan fingerprint density at radius 3 is 2.61 bits per heavy atom. The Hall–Kier alpha value is -2.65. The van der Waals surface area contributed by atoms with E-state index in [4.69, 9.17) is 4.74 Å². The Morgan fingerprint density at radius 1 is 1.19 bits per heavy atom. The molecule has 0 fully saturated rings. The first-order chi connectivity index (χ1) is 14.9. The summed E-state index contributed by atoms with van der Waals surface area (Å²) in [4.78, 5) is 17.9. The van der Waals surface area contributed by atoms with Gasteiger partial charge in [-0.15, -0.1) is 23.1 Å². The minimum atomic E-state index is -2.93. The molecule has 1 heterocycles. The van der Waals surface area contributed by atoms with Crippen LogP contribution >= 0.6 is 23.1 Å². The molecule has 1 N–H and O–H groups in total. The summed E-state index contributed by atoms with van der Waals surface area (Å²) in [5.74, 6) is 0.803. The molecule has 0 atom stereocenters. The molecule has 0 aliphatic carbocycles. The average Bonchev–Trinajstić information content (AvgIpc) is 3.17. The highest BCUT2D eigenvalue weighted by Gasteiger charge is 2.12. The molecule has 0 aliphatic heterocycles. The number of aryl methyl sites for hydroxylation is 1. The SMILES string of the molecule is COc1ccc(CCNC(=O)c2ccc(SCc3csc(C)n3)cc2)cc1OC(F)F. The number of benzene rings is 2. The van der Waals surface area contributed by atoms with Crippen molar-refractivity contribution in [2.24, 2.45) is 0 Å². The normalized spacial score (nSPS) is 10.9. The van der Waals surface area contributed by atoms with Crippen LogP contribution in [-0.4, -0.2) is 31.2 Å². The molecule has 9 heteroatoms. The highest BCUT2D eigenvalue weighted by molar-refractivity contribution is 7.98. The predicted molar refractivity (Wildman–Crippen MR) is 119 cm³/mol. The highest BCUT2D eigenvalue weighted by Crippen LogP contribution is 2.29. The fourth-order valence-corrected chi connectivity index (χ4v) is 4.33. The van der Waals surface area contributed by atoms with Crippen molar-refractivity contribution in [3.63, 3.8) is 0 Å². The third kappa shape index (κ3) is 6.93. The van der Waals surface area contributed by atoms with Crippen LogP contribution in [0, 0.1) is 6.92 Å². The van der Waals surface area contributed by atoms with Gasteiger partial charge in [0.25, 0.3) is 5.91 Å². The second-order valence-corrected chi connectivity index (χ2v) is 8.65. The maximum atomic E-state index is 12.5. The second-order valence-electron chi connectivity index (χ2n) is 6.54. The smallest absolute Gasteiger partial charge is 0.387 e. The summed E-state index contributed by atoms with van der Waals surface area (Å²) in [6, 6.07) is 12.2. The third-order valence-corrected chi connectivity index (χ3v) is 6.18. The maximum Gasteiger partial charge on any atom is 0.387 e. The Balaban J connectivity index is 1.49. The van der Waals surface area contributed by atoms with Crippen LogP contribution in [0.1, 0.15) is 26.6 Å². The van der Waals surface area contributed by atoms with E-state index < -0.39 is 6.61 Å². The van der Waals surface area contributed by atoms with Gasteiger partial charge in [0.15, 0.2) is 11.5 Å². The summed E-state index contributed by atoms with van der Waals surface area (Å²) in [6.07, 6.45) is 0.469. The third-order valence-electron chi connectivity index (χ3n) is 4.31. The number of aromatic nitrogens is 1. The van der Waals surface area contributed by atoms with E-state index in [2.05, 4.69) is 20.4 Å². The first kappa shape index (κ1) is 23.0. The van der Waals surface area contributed by atoms with Crippen LogP contribution in [0.15, 0.2) is 52.7 Å². The number of hydrogen-bond donors (Lipinski definition) is 1. The zero-order valence-corrected chi connectivity index (χ0v) is 18.7. The minimum Gasteiger partial charge on any atom is -0.493 e. The first-order valence-electron chi connectivity index (χ1n) is 9.48. The van der Waals surface area contributed by atoms with Crippen LogP contribution < -0.4 is 14.8 Å². The van der Waals surface area contributed by atoms with Crippen molar-refractivity contribution in [2.45, 2.75) is 30.6 Å². The fourth-order valence-electron chi connectivity index (χ4n) is 2.82. The van der Waals surface area contributed by atoms with E-state index in [0.29, 0.717) is 18.5 Å². The number of thioether (sulfide) groups is 1. The zero-order chi connectivity index (χ0) is 22.2. The minimum absolute atomic E-state index is 0.0257. The highest BCUT2D eigenvalue weighted by atomic mass is 32.2. The lowest BCUT2D eigenvalue weighted by Gasteiger charge is -2.12. The Labute approximate surface area is 187 Å². The van der Waals surface area contributed by atoms with Gasteiger partial charge in [-0.3, -0.25) is 4.79 Å². The van der Waals surface area contributed by atoms with Crippen LogP contribution in [-0.2, 0) is 12.2 Å². The molecule has 3 aromatic rings. The molecule has 0 saturated heterocycles. The van der Waals surface area contributed by atoms with E-state index in [9.17, 15) is 13.6 Å². The molecular weight excluding hydrogens is 442 g/mol. The van der Waals surface area contributed by atoms with Crippen molar-refractivity contribution in [1.82, 2.24) is 10.3 Å². The summed E-state index contributed by atoms with van der Waals surface area (Å²) in [7, 11) is 1.39. The van der Waals surface area contributed by atoms with Crippen molar-refractivity contribution >= 4 is 29.0 Å². The number of rotatable bonds is 10. The Kier molecular flexibility index (Phi) is 8.25. The molecule has 3 rings (SSSR count). The monoisotopic (exact) mass is 464 g/mol. The van der Waals surface area contributed by atoms with Crippen LogP contribution in [0.4, 0.5) is 8.78 Å². The summed E-state index contributed by atoms with van der Waals surface area (Å²) in [5.41, 5.74) is 2.36. The average molecular weight is 465 g/mol. The van der Waals surface area contributed by atoms with Crippen LogP contribution in [0.2, 0.25) is 0 Å². The number of nitrogens with zero attached hydrogens (tertiary/aromatic N) is 1. The molecule has 1 aromatic heterocycles. The van der Waals surface area contributed by atoms with Crippen molar-refractivity contribution in [2.75, 3.05) is 13.7 Å². The molecule has 0 unspecified atom stereocenters. The van der Waals surface area contributed by atoms with Crippen molar-refractivity contribution in [1.29, 1.82) is 0 Å². The molecule has 0 saturated carbocycles. The Bertz CT molecular complexity index is 1010. The number of carbonyl (C=O) groups excluding carboxylic acids is 1. The summed E-state index contributed by atoms with van der Waals surface area (Å²) in [5, 5.41) is 5.94. The molecular formula is C22H22F2N2O3S2.